The van der Waals surface area contributed by atoms with Crippen molar-refractivity contribution in [2.24, 2.45) is 0 Å². The van der Waals surface area contributed by atoms with E-state index < -0.39 is 6.23 Å². The summed E-state index contributed by atoms with van der Waals surface area (Å²) in [5.74, 6) is 1.65. The van der Waals surface area contributed by atoms with Crippen molar-refractivity contribution in [3.63, 3.8) is 0 Å². The summed E-state index contributed by atoms with van der Waals surface area (Å²) in [5, 5.41) is 20.6. The number of ether oxygens (including phenoxy) is 4. The van der Waals surface area contributed by atoms with Crippen LogP contribution in [0.15, 0.2) is 89.5 Å². The number of fused-ring (bicyclic) bond motifs is 1. The van der Waals surface area contributed by atoms with Crippen molar-refractivity contribution in [1.82, 2.24) is 9.88 Å². The Hall–Kier alpha value is -4.72. The van der Waals surface area contributed by atoms with Gasteiger partial charge in [-0.25, -0.2) is 0 Å². The zero-order chi connectivity index (χ0) is 31.3. The molecule has 5 aromatic rings. The van der Waals surface area contributed by atoms with Crippen LogP contribution in [0.5, 0.6) is 11.5 Å². The second-order valence-corrected chi connectivity index (χ2v) is 11.2. The van der Waals surface area contributed by atoms with Crippen molar-refractivity contribution in [2.45, 2.75) is 31.5 Å². The van der Waals surface area contributed by atoms with Crippen LogP contribution in [-0.4, -0.2) is 61.6 Å². The van der Waals surface area contributed by atoms with Gasteiger partial charge in [-0.3, -0.25) is 9.88 Å². The average Bonchev–Trinajstić information content (AvgIpc) is 3.52. The maximum absolute atomic E-state index is 10.5. The number of nitriles is 1. The van der Waals surface area contributed by atoms with Crippen molar-refractivity contribution < 1.29 is 28.5 Å². The summed E-state index contributed by atoms with van der Waals surface area (Å²) >= 11 is 0. The van der Waals surface area contributed by atoms with Crippen LogP contribution in [0.4, 0.5) is 0 Å². The molecule has 3 heterocycles. The molecule has 9 nitrogen and oxygen atoms in total. The molecular formula is C36H35N3O6. The molecular weight excluding hydrogens is 570 g/mol. The molecule has 1 aliphatic heterocycles. The smallest absolute Gasteiger partial charge is 0.161 e. The van der Waals surface area contributed by atoms with Gasteiger partial charge in [0.15, 0.2) is 5.58 Å². The predicted octanol–water partition coefficient (Wildman–Crippen LogP) is 6.35. The maximum atomic E-state index is 10.5. The molecule has 9 heteroatoms. The van der Waals surface area contributed by atoms with Gasteiger partial charge in [0.2, 0.25) is 0 Å². The van der Waals surface area contributed by atoms with Crippen LogP contribution in [0, 0.1) is 11.3 Å². The minimum atomic E-state index is -0.766. The quantitative estimate of drug-likeness (QED) is 0.182. The Morgan fingerprint density at radius 3 is 2.62 bits per heavy atom. The molecule has 0 amide bonds. The van der Waals surface area contributed by atoms with Gasteiger partial charge in [-0.1, -0.05) is 42.5 Å². The summed E-state index contributed by atoms with van der Waals surface area (Å²) < 4.78 is 30.3. The summed E-state index contributed by atoms with van der Waals surface area (Å²) in [6.45, 7) is 1.45. The van der Waals surface area contributed by atoms with Gasteiger partial charge in [-0.2, -0.15) is 5.26 Å². The third-order valence-electron chi connectivity index (χ3n) is 7.93. The number of benzene rings is 3. The fourth-order valence-electron chi connectivity index (χ4n) is 5.48. The first-order valence-corrected chi connectivity index (χ1v) is 14.8. The minimum absolute atomic E-state index is 0.249. The lowest BCUT2D eigenvalue weighted by atomic mass is 10.0. The number of nitrogens with zero attached hydrogens (tertiary/aromatic N) is 3. The highest BCUT2D eigenvalue weighted by molar-refractivity contribution is 5.93. The van der Waals surface area contributed by atoms with Gasteiger partial charge in [0.05, 0.1) is 38.1 Å². The highest BCUT2D eigenvalue weighted by Gasteiger charge is 2.29. The molecule has 230 valence electrons. The van der Waals surface area contributed by atoms with E-state index in [9.17, 15) is 10.4 Å². The maximum Gasteiger partial charge on any atom is 0.161 e. The highest BCUT2D eigenvalue weighted by atomic mass is 16.6. The van der Waals surface area contributed by atoms with E-state index in [2.05, 4.69) is 11.1 Å². The lowest BCUT2D eigenvalue weighted by molar-refractivity contribution is -0.114. The molecule has 1 N–H and O–H groups in total. The Bertz CT molecular complexity index is 1810. The van der Waals surface area contributed by atoms with Crippen LogP contribution in [0.1, 0.15) is 29.3 Å². The largest absolute Gasteiger partial charge is 0.496 e. The Labute approximate surface area is 262 Å². The second-order valence-electron chi connectivity index (χ2n) is 11.2. The molecule has 0 radical (unpaired) electrons. The molecule has 0 aliphatic carbocycles. The molecule has 3 atom stereocenters. The third kappa shape index (κ3) is 6.55. The van der Waals surface area contributed by atoms with Gasteiger partial charge in [0.25, 0.3) is 0 Å². The summed E-state index contributed by atoms with van der Waals surface area (Å²) in [7, 11) is 5.19. The Kier molecular flexibility index (Phi) is 9.10. The van der Waals surface area contributed by atoms with E-state index in [1.807, 2.05) is 72.8 Å². The van der Waals surface area contributed by atoms with Gasteiger partial charge in [0.1, 0.15) is 47.3 Å². The first-order chi connectivity index (χ1) is 21.9. The molecule has 6 rings (SSSR count). The number of aromatic nitrogens is 1. The van der Waals surface area contributed by atoms with Crippen LogP contribution in [-0.2, 0) is 16.1 Å². The molecule has 1 saturated heterocycles. The SMILES string of the molecule is COc1cc(C(O)N(C)C)ccc1-c1cc2nccc(-c3ccc(OC4CCOCC4OCc4ccccc4)c(C#N)c3)c2o1. The van der Waals surface area contributed by atoms with E-state index in [0.717, 1.165) is 22.3 Å². The van der Waals surface area contributed by atoms with E-state index in [1.165, 1.54) is 0 Å². The molecule has 0 saturated carbocycles. The summed E-state index contributed by atoms with van der Waals surface area (Å²) in [4.78, 5) is 6.23. The zero-order valence-electron chi connectivity index (χ0n) is 25.5. The van der Waals surface area contributed by atoms with E-state index >= 15 is 0 Å². The number of aliphatic hydroxyl groups excluding tert-OH is 1. The van der Waals surface area contributed by atoms with Crippen LogP contribution in [0.3, 0.4) is 0 Å². The van der Waals surface area contributed by atoms with Crippen LogP contribution < -0.4 is 9.47 Å². The molecule has 1 aliphatic rings. The topological polar surface area (TPSA) is 110 Å². The van der Waals surface area contributed by atoms with Gasteiger partial charge >= 0.3 is 0 Å². The number of aliphatic hydroxyl groups is 1. The molecule has 45 heavy (non-hydrogen) atoms. The molecule has 0 bridgehead atoms. The van der Waals surface area contributed by atoms with E-state index in [-0.39, 0.29) is 12.2 Å². The number of furan rings is 1. The van der Waals surface area contributed by atoms with E-state index in [1.54, 1.807) is 38.4 Å². The van der Waals surface area contributed by atoms with Crippen molar-refractivity contribution in [3.05, 3.63) is 102 Å². The molecule has 1 fully saturated rings. The molecule has 0 spiro atoms. The Balaban J connectivity index is 1.26. The van der Waals surface area contributed by atoms with Gasteiger partial charge in [-0.05, 0) is 61.1 Å². The lowest BCUT2D eigenvalue weighted by Gasteiger charge is -2.32. The normalized spacial score (nSPS) is 17.2. The van der Waals surface area contributed by atoms with Crippen LogP contribution in [0.2, 0.25) is 0 Å². The number of hydrogen-bond donors (Lipinski definition) is 1. The van der Waals surface area contributed by atoms with Crippen molar-refractivity contribution in [2.75, 3.05) is 34.4 Å². The van der Waals surface area contributed by atoms with Crippen molar-refractivity contribution in [3.8, 4) is 40.0 Å². The first-order valence-electron chi connectivity index (χ1n) is 14.8. The number of pyridine rings is 1. The third-order valence-corrected chi connectivity index (χ3v) is 7.93. The fourth-order valence-corrected chi connectivity index (χ4v) is 5.48. The minimum Gasteiger partial charge on any atom is -0.496 e. The summed E-state index contributed by atoms with van der Waals surface area (Å²) in [5.41, 5.74) is 5.77. The standard InChI is InChI=1S/C36H35N3O6/c1-39(2)36(40)25-9-11-28(32(18-25)41-3)33-19-29-35(45-33)27(13-15-38-29)24-10-12-30(26(17-24)20-37)44-31-14-16-42-22-34(31)43-21-23-7-5-4-6-8-23/h4-13,15,17-19,31,34,36,40H,14,16,21-22H2,1-3H3. The van der Waals surface area contributed by atoms with Crippen LogP contribution in [0.25, 0.3) is 33.6 Å². The number of rotatable bonds is 10. The second kappa shape index (κ2) is 13.5. The number of methoxy groups -OCH3 is 1. The first kappa shape index (κ1) is 30.3. The Morgan fingerprint density at radius 1 is 1.00 bits per heavy atom. The highest BCUT2D eigenvalue weighted by Crippen LogP contribution is 2.39. The van der Waals surface area contributed by atoms with E-state index in [0.29, 0.717) is 65.7 Å². The molecule has 3 unspecified atom stereocenters. The predicted molar refractivity (Wildman–Crippen MR) is 170 cm³/mol. The van der Waals surface area contributed by atoms with Crippen LogP contribution >= 0.6 is 0 Å². The van der Waals surface area contributed by atoms with Crippen molar-refractivity contribution in [1.29, 1.82) is 5.26 Å². The van der Waals surface area contributed by atoms with Crippen molar-refractivity contribution >= 4 is 11.1 Å². The fraction of sp³-hybridized carbons (Fsp3) is 0.278. The summed E-state index contributed by atoms with van der Waals surface area (Å²) in [6.07, 6.45) is 1.10. The lowest BCUT2D eigenvalue weighted by Crippen LogP contribution is -2.42. The zero-order valence-corrected chi connectivity index (χ0v) is 25.5. The van der Waals surface area contributed by atoms with E-state index in [4.69, 9.17) is 23.4 Å². The summed E-state index contributed by atoms with van der Waals surface area (Å²) in [6, 6.07) is 27.1. The van der Waals surface area contributed by atoms with Gasteiger partial charge < -0.3 is 28.5 Å². The monoisotopic (exact) mass is 605 g/mol. The Morgan fingerprint density at radius 2 is 1.84 bits per heavy atom. The average molecular weight is 606 g/mol. The molecule has 3 aromatic carbocycles. The number of hydrogen-bond acceptors (Lipinski definition) is 9. The van der Waals surface area contributed by atoms with Gasteiger partial charge in [0, 0.05) is 24.2 Å². The molecule has 2 aromatic heterocycles. The van der Waals surface area contributed by atoms with Gasteiger partial charge in [-0.15, -0.1) is 0 Å².